The Kier molecular flexibility index (Phi) is 6.64. The molecule has 1 aliphatic heterocycles. The Balaban J connectivity index is 1.36. The third kappa shape index (κ3) is 4.88. The van der Waals surface area contributed by atoms with Crippen molar-refractivity contribution in [2.24, 2.45) is 0 Å². The number of ether oxygens (including phenoxy) is 2. The van der Waals surface area contributed by atoms with Crippen LogP contribution >= 0.6 is 11.8 Å². The lowest BCUT2D eigenvalue weighted by atomic mass is 10.2. The van der Waals surface area contributed by atoms with Crippen molar-refractivity contribution in [1.82, 2.24) is 9.88 Å². The zero-order valence-electron chi connectivity index (χ0n) is 16.3. The molecule has 0 bridgehead atoms. The van der Waals surface area contributed by atoms with Gasteiger partial charge in [-0.15, -0.1) is 11.8 Å². The molecule has 2 amide bonds. The molecule has 0 unspecified atom stereocenters. The normalized spacial score (nSPS) is 12.6. The number of amides is 2. The van der Waals surface area contributed by atoms with Crippen molar-refractivity contribution in [1.29, 1.82) is 0 Å². The van der Waals surface area contributed by atoms with E-state index in [1.807, 2.05) is 19.1 Å². The monoisotopic (exact) mass is 403 g/mol. The van der Waals surface area contributed by atoms with Crippen molar-refractivity contribution in [2.45, 2.75) is 18.2 Å². The number of aromatic amines is 1. The highest BCUT2D eigenvalue weighted by Gasteiger charge is 2.19. The van der Waals surface area contributed by atoms with Gasteiger partial charge in [0.15, 0.2) is 0 Å². The van der Waals surface area contributed by atoms with Crippen LogP contribution in [0.3, 0.4) is 0 Å². The first-order valence-corrected chi connectivity index (χ1v) is 10.1. The first kappa shape index (κ1) is 20.3. The van der Waals surface area contributed by atoms with E-state index in [4.69, 9.17) is 9.47 Å². The minimum absolute atomic E-state index is 0.0477. The van der Waals surface area contributed by atoms with Crippen LogP contribution in [0.2, 0.25) is 0 Å². The highest BCUT2D eigenvalue weighted by molar-refractivity contribution is 7.99. The lowest BCUT2D eigenvalue weighted by molar-refractivity contribution is -0.115. The maximum atomic E-state index is 12.5. The molecule has 1 aliphatic rings. The fourth-order valence-corrected chi connectivity index (χ4v) is 3.84. The average molecular weight is 404 g/mol. The van der Waals surface area contributed by atoms with Crippen LogP contribution in [0.5, 0.6) is 5.88 Å². The van der Waals surface area contributed by atoms with Crippen LogP contribution < -0.4 is 10.1 Å². The largest absolute Gasteiger partial charge is 0.482 e. The number of carbonyl (C=O) groups is 2. The van der Waals surface area contributed by atoms with Crippen LogP contribution in [-0.2, 0) is 16.0 Å². The Hall–Kier alpha value is -2.45. The van der Waals surface area contributed by atoms with Crippen molar-refractivity contribution in [2.75, 3.05) is 45.0 Å². The number of carbonyl (C=O) groups excluding carboxylic acids is 2. The number of likely N-dealkylation sites (N-methyl/N-ethyl adjacent to an activating group) is 1. The van der Waals surface area contributed by atoms with Gasteiger partial charge in [0.2, 0.25) is 11.8 Å². The molecule has 8 heteroatoms. The van der Waals surface area contributed by atoms with E-state index < -0.39 is 0 Å². The predicted molar refractivity (Wildman–Crippen MR) is 109 cm³/mol. The predicted octanol–water partition coefficient (Wildman–Crippen LogP) is 2.71. The fourth-order valence-electron chi connectivity index (χ4n) is 3.01. The maximum absolute atomic E-state index is 12.5. The Labute approximate surface area is 168 Å². The van der Waals surface area contributed by atoms with E-state index in [9.17, 15) is 9.59 Å². The lowest BCUT2D eigenvalue weighted by Crippen LogP contribution is -2.30. The van der Waals surface area contributed by atoms with Gasteiger partial charge in [-0.2, -0.15) is 0 Å². The molecule has 2 aromatic rings. The molecule has 0 atom stereocenters. The third-order valence-electron chi connectivity index (χ3n) is 4.47. The summed E-state index contributed by atoms with van der Waals surface area (Å²) >= 11 is 1.69. The zero-order chi connectivity index (χ0) is 20.1. The van der Waals surface area contributed by atoms with E-state index in [1.165, 1.54) is 7.11 Å². The van der Waals surface area contributed by atoms with Crippen molar-refractivity contribution in [3.8, 4) is 5.88 Å². The number of aromatic nitrogens is 1. The number of anilines is 1. The molecule has 150 valence electrons. The standard InChI is InChI=1S/C20H25N3O4S/c1-13-10-16(19(21-13)26-3)20(25)23(2)6-7-27-8-9-28-15-4-5-17-14(11-15)12-18(24)22-17/h4-5,10-11,21H,6-9,12H2,1-3H3,(H,22,24). The van der Waals surface area contributed by atoms with Crippen LogP contribution in [0, 0.1) is 6.92 Å². The Morgan fingerprint density at radius 2 is 2.11 bits per heavy atom. The molecule has 0 radical (unpaired) electrons. The molecule has 1 aromatic heterocycles. The minimum Gasteiger partial charge on any atom is -0.482 e. The van der Waals surface area contributed by atoms with Crippen molar-refractivity contribution >= 4 is 29.3 Å². The quantitative estimate of drug-likeness (QED) is 0.497. The van der Waals surface area contributed by atoms with E-state index in [2.05, 4.69) is 16.4 Å². The summed E-state index contributed by atoms with van der Waals surface area (Å²) in [5.74, 6) is 1.24. The summed E-state index contributed by atoms with van der Waals surface area (Å²) in [7, 11) is 3.29. The summed E-state index contributed by atoms with van der Waals surface area (Å²) in [6.45, 7) is 3.45. The van der Waals surface area contributed by atoms with Crippen molar-refractivity contribution in [3.63, 3.8) is 0 Å². The van der Waals surface area contributed by atoms with Gasteiger partial charge in [0.1, 0.15) is 5.56 Å². The first-order chi connectivity index (χ1) is 13.5. The van der Waals surface area contributed by atoms with E-state index in [-0.39, 0.29) is 11.8 Å². The highest BCUT2D eigenvalue weighted by Crippen LogP contribution is 2.28. The van der Waals surface area contributed by atoms with Gasteiger partial charge >= 0.3 is 0 Å². The molecule has 0 aliphatic carbocycles. The van der Waals surface area contributed by atoms with Gasteiger partial charge in [0.25, 0.3) is 5.91 Å². The molecule has 3 rings (SSSR count). The highest BCUT2D eigenvalue weighted by atomic mass is 32.2. The number of rotatable bonds is 9. The number of thioether (sulfide) groups is 1. The summed E-state index contributed by atoms with van der Waals surface area (Å²) in [5.41, 5.74) is 3.37. The van der Waals surface area contributed by atoms with Gasteiger partial charge in [0, 0.05) is 35.6 Å². The summed E-state index contributed by atoms with van der Waals surface area (Å²) in [5, 5.41) is 2.83. The molecular weight excluding hydrogens is 378 g/mol. The van der Waals surface area contributed by atoms with E-state index in [1.54, 1.807) is 29.8 Å². The van der Waals surface area contributed by atoms with Crippen LogP contribution in [0.25, 0.3) is 0 Å². The Bertz CT molecular complexity index is 865. The number of aryl methyl sites for hydroxylation is 1. The van der Waals surface area contributed by atoms with Crippen LogP contribution in [-0.4, -0.2) is 61.4 Å². The lowest BCUT2D eigenvalue weighted by Gasteiger charge is -2.17. The molecule has 0 saturated carbocycles. The first-order valence-electron chi connectivity index (χ1n) is 9.10. The molecule has 0 saturated heterocycles. The van der Waals surface area contributed by atoms with Gasteiger partial charge in [-0.3, -0.25) is 9.59 Å². The molecule has 0 fully saturated rings. The second-order valence-corrected chi connectivity index (χ2v) is 7.80. The number of hydrogen-bond acceptors (Lipinski definition) is 5. The number of H-pyrrole nitrogens is 1. The van der Waals surface area contributed by atoms with Crippen LogP contribution in [0.1, 0.15) is 21.6 Å². The number of fused-ring (bicyclic) bond motifs is 1. The molecule has 7 nitrogen and oxygen atoms in total. The summed E-state index contributed by atoms with van der Waals surface area (Å²) < 4.78 is 10.9. The van der Waals surface area contributed by atoms with E-state index >= 15 is 0 Å². The fraction of sp³-hybridized carbons (Fsp3) is 0.400. The maximum Gasteiger partial charge on any atom is 0.259 e. The van der Waals surface area contributed by atoms with Gasteiger partial charge in [-0.05, 0) is 36.8 Å². The van der Waals surface area contributed by atoms with Crippen molar-refractivity contribution in [3.05, 3.63) is 41.1 Å². The minimum atomic E-state index is -0.0968. The van der Waals surface area contributed by atoms with E-state index in [0.717, 1.165) is 27.6 Å². The molecule has 2 N–H and O–H groups in total. The second-order valence-electron chi connectivity index (χ2n) is 6.63. The zero-order valence-corrected chi connectivity index (χ0v) is 17.1. The average Bonchev–Trinajstić information content (AvgIpc) is 3.24. The number of nitrogens with zero attached hydrogens (tertiary/aromatic N) is 1. The van der Waals surface area contributed by atoms with Gasteiger partial charge in [0.05, 0.1) is 26.7 Å². The van der Waals surface area contributed by atoms with E-state index in [0.29, 0.717) is 37.6 Å². The van der Waals surface area contributed by atoms with Gasteiger partial charge in [-0.25, -0.2) is 0 Å². The topological polar surface area (TPSA) is 83.7 Å². The number of methoxy groups -OCH3 is 1. The number of nitrogens with one attached hydrogen (secondary N) is 2. The van der Waals surface area contributed by atoms with Crippen LogP contribution in [0.4, 0.5) is 5.69 Å². The smallest absolute Gasteiger partial charge is 0.259 e. The molecule has 0 spiro atoms. The summed E-state index contributed by atoms with van der Waals surface area (Å²) in [6, 6.07) is 7.79. The third-order valence-corrected chi connectivity index (χ3v) is 5.42. The number of benzene rings is 1. The SMILES string of the molecule is COc1[nH]c(C)cc1C(=O)N(C)CCOCCSc1ccc2c(c1)CC(=O)N2. The summed E-state index contributed by atoms with van der Waals surface area (Å²) in [6.07, 6.45) is 0.450. The van der Waals surface area contributed by atoms with Gasteiger partial charge < -0.3 is 24.7 Å². The van der Waals surface area contributed by atoms with Crippen molar-refractivity contribution < 1.29 is 19.1 Å². The second kappa shape index (κ2) is 9.16. The molecular formula is C20H25N3O4S. The Morgan fingerprint density at radius 1 is 1.29 bits per heavy atom. The Morgan fingerprint density at radius 3 is 2.89 bits per heavy atom. The number of hydrogen-bond donors (Lipinski definition) is 2. The summed E-state index contributed by atoms with van der Waals surface area (Å²) in [4.78, 5) is 29.7. The molecule has 1 aromatic carbocycles. The molecule has 2 heterocycles. The van der Waals surface area contributed by atoms with Crippen LogP contribution in [0.15, 0.2) is 29.2 Å². The molecule has 28 heavy (non-hydrogen) atoms. The van der Waals surface area contributed by atoms with Gasteiger partial charge in [-0.1, -0.05) is 0 Å².